The minimum atomic E-state index is -0.439. The van der Waals surface area contributed by atoms with Gasteiger partial charge >= 0.3 is 0 Å². The molecular formula is C16H31N3O2. The van der Waals surface area contributed by atoms with Crippen molar-refractivity contribution in [2.24, 2.45) is 11.7 Å². The number of carbonyl (C=O) groups is 2. The second-order valence-electron chi connectivity index (χ2n) is 6.26. The summed E-state index contributed by atoms with van der Waals surface area (Å²) in [6.07, 6.45) is 8.20. The van der Waals surface area contributed by atoms with Crippen molar-refractivity contribution < 1.29 is 9.59 Å². The van der Waals surface area contributed by atoms with Gasteiger partial charge in [-0.05, 0) is 25.7 Å². The molecule has 0 aliphatic heterocycles. The van der Waals surface area contributed by atoms with Crippen LogP contribution in [0.1, 0.15) is 65.2 Å². The third-order valence-corrected chi connectivity index (χ3v) is 4.32. The van der Waals surface area contributed by atoms with E-state index in [1.807, 2.05) is 13.8 Å². The van der Waals surface area contributed by atoms with Gasteiger partial charge < -0.3 is 16.4 Å². The Hall–Kier alpha value is -1.10. The summed E-state index contributed by atoms with van der Waals surface area (Å²) in [7, 11) is 0. The van der Waals surface area contributed by atoms with Gasteiger partial charge in [0.15, 0.2) is 0 Å². The van der Waals surface area contributed by atoms with E-state index in [0.29, 0.717) is 18.9 Å². The van der Waals surface area contributed by atoms with E-state index in [-0.39, 0.29) is 17.9 Å². The monoisotopic (exact) mass is 297 g/mol. The lowest BCUT2D eigenvalue weighted by Crippen LogP contribution is -2.43. The largest absolute Gasteiger partial charge is 0.354 e. The van der Waals surface area contributed by atoms with Crippen LogP contribution in [0.4, 0.5) is 0 Å². The first-order valence-corrected chi connectivity index (χ1v) is 8.35. The lowest BCUT2D eigenvalue weighted by Gasteiger charge is -2.24. The van der Waals surface area contributed by atoms with Crippen molar-refractivity contribution in [3.05, 3.63) is 0 Å². The zero-order valence-electron chi connectivity index (χ0n) is 13.5. The predicted molar refractivity (Wildman–Crippen MR) is 84.7 cm³/mol. The molecule has 1 aliphatic rings. The van der Waals surface area contributed by atoms with Crippen LogP contribution >= 0.6 is 0 Å². The highest BCUT2D eigenvalue weighted by atomic mass is 16.2. The average Bonchev–Trinajstić information content (AvgIpc) is 2.47. The molecule has 2 atom stereocenters. The van der Waals surface area contributed by atoms with Crippen LogP contribution in [-0.2, 0) is 9.59 Å². The molecule has 0 bridgehead atoms. The van der Waals surface area contributed by atoms with E-state index in [2.05, 4.69) is 10.6 Å². The molecule has 1 saturated carbocycles. The number of amides is 2. The molecule has 21 heavy (non-hydrogen) atoms. The van der Waals surface area contributed by atoms with E-state index in [9.17, 15) is 9.59 Å². The molecule has 5 heteroatoms. The lowest BCUT2D eigenvalue weighted by atomic mass is 9.85. The van der Waals surface area contributed by atoms with Crippen LogP contribution in [0.5, 0.6) is 0 Å². The molecule has 0 radical (unpaired) electrons. The van der Waals surface area contributed by atoms with Crippen molar-refractivity contribution in [2.75, 3.05) is 6.54 Å². The van der Waals surface area contributed by atoms with E-state index in [4.69, 9.17) is 5.73 Å². The maximum absolute atomic E-state index is 11.9. The first-order valence-electron chi connectivity index (χ1n) is 8.35. The van der Waals surface area contributed by atoms with Crippen LogP contribution in [0, 0.1) is 5.92 Å². The van der Waals surface area contributed by atoms with Crippen molar-refractivity contribution in [1.82, 2.24) is 10.6 Å². The zero-order valence-corrected chi connectivity index (χ0v) is 13.5. The second-order valence-corrected chi connectivity index (χ2v) is 6.26. The molecule has 2 unspecified atom stereocenters. The van der Waals surface area contributed by atoms with Crippen molar-refractivity contribution >= 4 is 11.8 Å². The minimum absolute atomic E-state index is 0.0227. The molecule has 2 amide bonds. The van der Waals surface area contributed by atoms with Crippen LogP contribution in [-0.4, -0.2) is 30.4 Å². The molecule has 4 N–H and O–H groups in total. The lowest BCUT2D eigenvalue weighted by molar-refractivity contribution is -0.123. The van der Waals surface area contributed by atoms with Crippen molar-refractivity contribution in [3.63, 3.8) is 0 Å². The topological polar surface area (TPSA) is 84.2 Å². The highest BCUT2D eigenvalue weighted by Gasteiger charge is 2.21. The maximum atomic E-state index is 11.9. The number of hydrogen-bond acceptors (Lipinski definition) is 3. The van der Waals surface area contributed by atoms with Crippen molar-refractivity contribution in [1.29, 1.82) is 0 Å². The predicted octanol–water partition coefficient (Wildman–Crippen LogP) is 1.71. The van der Waals surface area contributed by atoms with Gasteiger partial charge in [0.1, 0.15) is 0 Å². The molecule has 1 fully saturated rings. The smallest absolute Gasteiger partial charge is 0.236 e. The first-order chi connectivity index (χ1) is 10.0. The summed E-state index contributed by atoms with van der Waals surface area (Å²) in [5.74, 6) is 0.440. The molecule has 0 aromatic heterocycles. The molecule has 1 aliphatic carbocycles. The fourth-order valence-corrected chi connectivity index (χ4v) is 2.77. The van der Waals surface area contributed by atoms with E-state index >= 15 is 0 Å². The number of carbonyl (C=O) groups excluding carboxylic acids is 2. The van der Waals surface area contributed by atoms with Gasteiger partial charge in [0.2, 0.25) is 11.8 Å². The summed E-state index contributed by atoms with van der Waals surface area (Å²) in [6.45, 7) is 4.35. The van der Waals surface area contributed by atoms with Crippen LogP contribution < -0.4 is 16.4 Å². The van der Waals surface area contributed by atoms with Crippen LogP contribution in [0.2, 0.25) is 0 Å². The molecule has 0 aromatic rings. The van der Waals surface area contributed by atoms with Gasteiger partial charge in [-0.2, -0.15) is 0 Å². The molecular weight excluding hydrogens is 266 g/mol. The first kappa shape index (κ1) is 18.0. The molecule has 1 rings (SSSR count). The van der Waals surface area contributed by atoms with Crippen LogP contribution in [0.3, 0.4) is 0 Å². The van der Waals surface area contributed by atoms with E-state index in [1.165, 1.54) is 32.1 Å². The van der Waals surface area contributed by atoms with Gasteiger partial charge in [-0.15, -0.1) is 0 Å². The maximum Gasteiger partial charge on any atom is 0.236 e. The second kappa shape index (κ2) is 9.77. The summed E-state index contributed by atoms with van der Waals surface area (Å²) in [6, 6.07) is -0.257. The van der Waals surface area contributed by atoms with E-state index < -0.39 is 6.04 Å². The number of rotatable bonds is 8. The van der Waals surface area contributed by atoms with E-state index in [1.54, 1.807) is 0 Å². The molecule has 0 saturated heterocycles. The van der Waals surface area contributed by atoms with Gasteiger partial charge in [-0.25, -0.2) is 0 Å². The Morgan fingerprint density at radius 1 is 1.24 bits per heavy atom. The SMILES string of the molecule is CCC(C)NC(=O)CCNC(=O)C(N)CC1CCCCC1. The van der Waals surface area contributed by atoms with Gasteiger partial charge in [0, 0.05) is 19.0 Å². The number of hydrogen-bond donors (Lipinski definition) is 3. The van der Waals surface area contributed by atoms with Crippen LogP contribution in [0.25, 0.3) is 0 Å². The molecule has 0 heterocycles. The number of nitrogens with one attached hydrogen (secondary N) is 2. The molecule has 122 valence electrons. The summed E-state index contributed by atoms with van der Waals surface area (Å²) < 4.78 is 0. The summed E-state index contributed by atoms with van der Waals surface area (Å²) >= 11 is 0. The van der Waals surface area contributed by atoms with Crippen molar-refractivity contribution in [2.45, 2.75) is 77.3 Å². The Labute approximate surface area is 128 Å². The quantitative estimate of drug-likeness (QED) is 0.637. The fraction of sp³-hybridized carbons (Fsp3) is 0.875. The zero-order chi connectivity index (χ0) is 15.7. The average molecular weight is 297 g/mol. The van der Waals surface area contributed by atoms with Gasteiger partial charge in [-0.1, -0.05) is 39.0 Å². The third kappa shape index (κ3) is 7.46. The molecule has 0 spiro atoms. The van der Waals surface area contributed by atoms with E-state index in [0.717, 1.165) is 12.8 Å². The summed E-state index contributed by atoms with van der Waals surface area (Å²) in [4.78, 5) is 23.5. The highest BCUT2D eigenvalue weighted by Crippen LogP contribution is 2.26. The Bertz CT molecular complexity index is 327. The normalized spacial score (nSPS) is 18.8. The third-order valence-electron chi connectivity index (χ3n) is 4.32. The Morgan fingerprint density at radius 3 is 2.52 bits per heavy atom. The van der Waals surface area contributed by atoms with Crippen molar-refractivity contribution in [3.8, 4) is 0 Å². The van der Waals surface area contributed by atoms with Gasteiger partial charge in [-0.3, -0.25) is 9.59 Å². The summed E-state index contributed by atoms with van der Waals surface area (Å²) in [5, 5.41) is 5.65. The summed E-state index contributed by atoms with van der Waals surface area (Å²) in [5.41, 5.74) is 5.95. The number of nitrogens with two attached hydrogens (primary N) is 1. The Balaban J connectivity index is 2.15. The van der Waals surface area contributed by atoms with Gasteiger partial charge in [0.05, 0.1) is 6.04 Å². The minimum Gasteiger partial charge on any atom is -0.354 e. The van der Waals surface area contributed by atoms with Crippen LogP contribution in [0.15, 0.2) is 0 Å². The Kier molecular flexibility index (Phi) is 8.35. The standard InChI is InChI=1S/C16H31N3O2/c1-3-12(2)19-15(20)9-10-18-16(21)14(17)11-13-7-5-4-6-8-13/h12-14H,3-11,17H2,1-2H3,(H,18,21)(H,19,20). The molecule has 5 nitrogen and oxygen atoms in total. The fourth-order valence-electron chi connectivity index (χ4n) is 2.77. The van der Waals surface area contributed by atoms with Gasteiger partial charge in [0.25, 0.3) is 0 Å². The highest BCUT2D eigenvalue weighted by molar-refractivity contribution is 5.82. The molecule has 0 aromatic carbocycles. The Morgan fingerprint density at radius 2 is 1.90 bits per heavy atom.